The minimum absolute atomic E-state index is 0.475. The molecule has 4 unspecified atom stereocenters. The van der Waals surface area contributed by atoms with Gasteiger partial charge >= 0.3 is 0 Å². The van der Waals surface area contributed by atoms with Crippen molar-refractivity contribution in [3.63, 3.8) is 0 Å². The molecule has 2 aliphatic rings. The summed E-state index contributed by atoms with van der Waals surface area (Å²) < 4.78 is 5.82. The Morgan fingerprint density at radius 3 is 2.80 bits per heavy atom. The van der Waals surface area contributed by atoms with Gasteiger partial charge in [0.05, 0.1) is 12.2 Å². The third kappa shape index (κ3) is 3.11. The Morgan fingerprint density at radius 1 is 1.27 bits per heavy atom. The summed E-state index contributed by atoms with van der Waals surface area (Å²) in [6.45, 7) is 3.24. The molecule has 1 saturated heterocycles. The van der Waals surface area contributed by atoms with Crippen molar-refractivity contribution in [2.75, 3.05) is 12.8 Å². The van der Waals surface area contributed by atoms with Crippen LogP contribution in [0.4, 0.5) is 0 Å². The van der Waals surface area contributed by atoms with Crippen molar-refractivity contribution in [3.05, 3.63) is 0 Å². The zero-order chi connectivity index (χ0) is 10.7. The van der Waals surface area contributed by atoms with E-state index in [-0.39, 0.29) is 0 Å². The normalized spacial score (nSPS) is 41.2. The van der Waals surface area contributed by atoms with Gasteiger partial charge in [-0.1, -0.05) is 6.42 Å². The second kappa shape index (κ2) is 5.55. The van der Waals surface area contributed by atoms with E-state index in [0.29, 0.717) is 12.2 Å². The molecule has 1 aliphatic heterocycles. The van der Waals surface area contributed by atoms with Gasteiger partial charge < -0.3 is 10.1 Å². The second-order valence-corrected chi connectivity index (χ2v) is 5.94. The minimum Gasteiger partial charge on any atom is -0.374 e. The maximum Gasteiger partial charge on any atom is 0.0704 e. The predicted octanol–water partition coefficient (Wildman–Crippen LogP) is 2.43. The molecular weight excluding hydrogens is 206 g/mol. The number of hydrogen-bond acceptors (Lipinski definition) is 3. The Hall–Kier alpha value is 0.270. The number of hydrogen-bond donors (Lipinski definition) is 1. The van der Waals surface area contributed by atoms with Crippen molar-refractivity contribution in [1.29, 1.82) is 0 Å². The van der Waals surface area contributed by atoms with Crippen molar-refractivity contribution < 1.29 is 4.74 Å². The van der Waals surface area contributed by atoms with E-state index in [9.17, 15) is 0 Å². The van der Waals surface area contributed by atoms with Gasteiger partial charge in [0.25, 0.3) is 0 Å². The van der Waals surface area contributed by atoms with E-state index >= 15 is 0 Å². The van der Waals surface area contributed by atoms with Crippen LogP contribution >= 0.6 is 11.8 Å². The molecule has 0 bridgehead atoms. The van der Waals surface area contributed by atoms with Gasteiger partial charge in [0, 0.05) is 17.8 Å². The van der Waals surface area contributed by atoms with Crippen molar-refractivity contribution in [1.82, 2.24) is 5.32 Å². The highest BCUT2D eigenvalue weighted by molar-refractivity contribution is 7.99. The van der Waals surface area contributed by atoms with Gasteiger partial charge in [-0.2, -0.15) is 11.8 Å². The molecule has 4 atom stereocenters. The number of nitrogens with one attached hydrogen (secondary N) is 1. The van der Waals surface area contributed by atoms with Crippen LogP contribution in [0.5, 0.6) is 0 Å². The van der Waals surface area contributed by atoms with Gasteiger partial charge in [-0.15, -0.1) is 0 Å². The van der Waals surface area contributed by atoms with Gasteiger partial charge in [-0.05, 0) is 38.9 Å². The van der Waals surface area contributed by atoms with E-state index in [4.69, 9.17) is 4.74 Å². The fourth-order valence-corrected chi connectivity index (χ4v) is 3.72. The van der Waals surface area contributed by atoms with E-state index in [2.05, 4.69) is 18.5 Å². The average Bonchev–Trinajstić information content (AvgIpc) is 2.83. The second-order valence-electron chi connectivity index (χ2n) is 4.87. The molecule has 0 spiro atoms. The minimum atomic E-state index is 0.475. The molecule has 15 heavy (non-hydrogen) atoms. The summed E-state index contributed by atoms with van der Waals surface area (Å²) in [6.07, 6.45) is 9.81. The Balaban J connectivity index is 1.68. The lowest BCUT2D eigenvalue weighted by Crippen LogP contribution is -2.39. The van der Waals surface area contributed by atoms with Crippen LogP contribution in [-0.2, 0) is 4.74 Å². The molecule has 0 amide bonds. The monoisotopic (exact) mass is 229 g/mol. The molecule has 0 radical (unpaired) electrons. The molecule has 0 aromatic rings. The fraction of sp³-hybridized carbons (Fsp3) is 1.00. The molecule has 0 aromatic heterocycles. The quantitative estimate of drug-likeness (QED) is 0.800. The summed E-state index contributed by atoms with van der Waals surface area (Å²) in [4.78, 5) is 0. The Bertz CT molecular complexity index is 200. The topological polar surface area (TPSA) is 21.3 Å². The highest BCUT2D eigenvalue weighted by atomic mass is 32.2. The largest absolute Gasteiger partial charge is 0.374 e. The van der Waals surface area contributed by atoms with Gasteiger partial charge in [-0.25, -0.2) is 0 Å². The van der Waals surface area contributed by atoms with E-state index in [1.807, 2.05) is 11.8 Å². The molecule has 2 rings (SSSR count). The van der Waals surface area contributed by atoms with Crippen LogP contribution in [0, 0.1) is 0 Å². The molecule has 0 aromatic carbocycles. The molecule has 1 saturated carbocycles. The SMILES string of the molecule is CSC1CCCC1NCC1CCC(C)O1. The zero-order valence-electron chi connectivity index (χ0n) is 9.87. The van der Waals surface area contributed by atoms with Crippen molar-refractivity contribution in [2.45, 2.75) is 62.5 Å². The van der Waals surface area contributed by atoms with Crippen LogP contribution in [-0.4, -0.2) is 36.3 Å². The predicted molar refractivity (Wildman–Crippen MR) is 66.5 cm³/mol. The highest BCUT2D eigenvalue weighted by Gasteiger charge is 2.28. The molecular formula is C12H23NOS. The first-order chi connectivity index (χ1) is 7.29. The fourth-order valence-electron chi connectivity index (χ4n) is 2.76. The van der Waals surface area contributed by atoms with Crippen LogP contribution < -0.4 is 5.32 Å². The Labute approximate surface area is 97.5 Å². The molecule has 88 valence electrons. The van der Waals surface area contributed by atoms with Gasteiger partial charge in [-0.3, -0.25) is 0 Å². The van der Waals surface area contributed by atoms with Crippen LogP contribution in [0.1, 0.15) is 39.0 Å². The van der Waals surface area contributed by atoms with Crippen molar-refractivity contribution in [2.24, 2.45) is 0 Å². The lowest BCUT2D eigenvalue weighted by molar-refractivity contribution is 0.0545. The van der Waals surface area contributed by atoms with Gasteiger partial charge in [0.1, 0.15) is 0 Å². The summed E-state index contributed by atoms with van der Waals surface area (Å²) in [5.41, 5.74) is 0. The summed E-state index contributed by atoms with van der Waals surface area (Å²) in [5, 5.41) is 4.54. The smallest absolute Gasteiger partial charge is 0.0704 e. The number of ether oxygens (including phenoxy) is 1. The zero-order valence-corrected chi connectivity index (χ0v) is 10.7. The Kier molecular flexibility index (Phi) is 4.35. The van der Waals surface area contributed by atoms with Gasteiger partial charge in [0.2, 0.25) is 0 Å². The first-order valence-corrected chi connectivity index (χ1v) is 7.50. The number of rotatable bonds is 4. The molecule has 2 fully saturated rings. The number of thioether (sulfide) groups is 1. The molecule has 1 heterocycles. The third-order valence-corrected chi connectivity index (χ3v) is 4.85. The molecule has 1 N–H and O–H groups in total. The summed E-state index contributed by atoms with van der Waals surface area (Å²) >= 11 is 2.02. The molecule has 2 nitrogen and oxygen atoms in total. The summed E-state index contributed by atoms with van der Waals surface area (Å²) in [7, 11) is 0. The van der Waals surface area contributed by atoms with Crippen LogP contribution in [0.3, 0.4) is 0 Å². The molecule has 3 heteroatoms. The maximum absolute atomic E-state index is 5.82. The lowest BCUT2D eigenvalue weighted by Gasteiger charge is -2.21. The van der Waals surface area contributed by atoms with Crippen LogP contribution in [0.15, 0.2) is 0 Å². The first-order valence-electron chi connectivity index (χ1n) is 6.21. The van der Waals surface area contributed by atoms with E-state index in [0.717, 1.165) is 17.8 Å². The van der Waals surface area contributed by atoms with Gasteiger partial charge in [0.15, 0.2) is 0 Å². The first kappa shape index (κ1) is 11.7. The van der Waals surface area contributed by atoms with Crippen molar-refractivity contribution >= 4 is 11.8 Å². The van der Waals surface area contributed by atoms with E-state index in [1.54, 1.807) is 0 Å². The maximum atomic E-state index is 5.82. The molecule has 1 aliphatic carbocycles. The summed E-state index contributed by atoms with van der Waals surface area (Å²) in [5.74, 6) is 0. The van der Waals surface area contributed by atoms with E-state index < -0.39 is 0 Å². The lowest BCUT2D eigenvalue weighted by atomic mass is 10.2. The van der Waals surface area contributed by atoms with Crippen LogP contribution in [0.2, 0.25) is 0 Å². The van der Waals surface area contributed by atoms with Crippen molar-refractivity contribution in [3.8, 4) is 0 Å². The Morgan fingerprint density at radius 2 is 2.13 bits per heavy atom. The third-order valence-electron chi connectivity index (χ3n) is 3.68. The average molecular weight is 229 g/mol. The standard InChI is InChI=1S/C12H23NOS/c1-9-6-7-10(14-9)8-13-11-4-3-5-12(11)15-2/h9-13H,3-8H2,1-2H3. The summed E-state index contributed by atoms with van der Waals surface area (Å²) in [6, 6.07) is 0.736. The highest BCUT2D eigenvalue weighted by Crippen LogP contribution is 2.28. The van der Waals surface area contributed by atoms with E-state index in [1.165, 1.54) is 32.1 Å². The van der Waals surface area contributed by atoms with Crippen LogP contribution in [0.25, 0.3) is 0 Å².